The highest BCUT2D eigenvalue weighted by Crippen LogP contribution is 2.29. The van der Waals surface area contributed by atoms with E-state index >= 15 is 0 Å². The van der Waals surface area contributed by atoms with Crippen LogP contribution in [-0.4, -0.2) is 21.9 Å². The van der Waals surface area contributed by atoms with Crippen molar-refractivity contribution >= 4 is 39.0 Å². The van der Waals surface area contributed by atoms with Crippen LogP contribution in [0.2, 0.25) is 0 Å². The van der Waals surface area contributed by atoms with Gasteiger partial charge in [0.15, 0.2) is 5.76 Å². The van der Waals surface area contributed by atoms with E-state index in [1.165, 1.54) is 0 Å². The van der Waals surface area contributed by atoms with Crippen molar-refractivity contribution in [1.82, 2.24) is 15.2 Å². The summed E-state index contributed by atoms with van der Waals surface area (Å²) < 4.78 is 8.49. The second-order valence-electron chi connectivity index (χ2n) is 7.04. The molecule has 7 heteroatoms. The highest BCUT2D eigenvalue weighted by Gasteiger charge is 2.16. The van der Waals surface area contributed by atoms with Gasteiger partial charge in [0.1, 0.15) is 11.3 Å². The van der Waals surface area contributed by atoms with Crippen molar-refractivity contribution in [2.24, 2.45) is 5.10 Å². The molecule has 0 unspecified atom stereocenters. The molecule has 1 N–H and O–H groups in total. The number of carbonyl (C=O) groups is 1. The number of hydrazone groups is 1. The van der Waals surface area contributed by atoms with E-state index in [4.69, 9.17) is 9.52 Å². The average Bonchev–Trinajstić information content (AvgIpc) is 3.44. The van der Waals surface area contributed by atoms with Gasteiger partial charge in [-0.05, 0) is 52.3 Å². The molecule has 3 aromatic carbocycles. The second kappa shape index (κ2) is 8.64. The Hall–Kier alpha value is -3.97. The molecule has 156 valence electrons. The highest BCUT2D eigenvalue weighted by atomic mass is 79.9. The summed E-state index contributed by atoms with van der Waals surface area (Å²) in [5.74, 6) is 0.314. The Morgan fingerprint density at radius 3 is 2.56 bits per heavy atom. The first-order valence-electron chi connectivity index (χ1n) is 9.91. The maximum atomic E-state index is 12.5. The first-order chi connectivity index (χ1) is 15.7. The van der Waals surface area contributed by atoms with Gasteiger partial charge in [-0.3, -0.25) is 4.79 Å². The SMILES string of the molecule is O=C(N/N=C\c1cn(-c2ccccc2)nc1-c1cc2ccccc2o1)c1ccccc1Br. The van der Waals surface area contributed by atoms with Crippen LogP contribution < -0.4 is 5.43 Å². The van der Waals surface area contributed by atoms with Gasteiger partial charge < -0.3 is 4.42 Å². The molecule has 5 rings (SSSR count). The molecule has 2 heterocycles. The lowest BCUT2D eigenvalue weighted by atomic mass is 10.2. The maximum Gasteiger partial charge on any atom is 0.272 e. The number of nitrogens with one attached hydrogen (secondary N) is 1. The van der Waals surface area contributed by atoms with E-state index in [1.54, 1.807) is 23.0 Å². The van der Waals surface area contributed by atoms with Crippen molar-refractivity contribution in [3.63, 3.8) is 0 Å². The molecule has 0 atom stereocenters. The van der Waals surface area contributed by atoms with Crippen LogP contribution in [0.1, 0.15) is 15.9 Å². The number of amides is 1. The van der Waals surface area contributed by atoms with Crippen LogP contribution in [0.25, 0.3) is 28.1 Å². The summed E-state index contributed by atoms with van der Waals surface area (Å²) in [5, 5.41) is 9.88. The summed E-state index contributed by atoms with van der Waals surface area (Å²) in [6.07, 6.45) is 3.43. The van der Waals surface area contributed by atoms with Crippen LogP contribution >= 0.6 is 15.9 Å². The fourth-order valence-electron chi connectivity index (χ4n) is 3.35. The average molecular weight is 485 g/mol. The normalized spacial score (nSPS) is 11.3. The van der Waals surface area contributed by atoms with Gasteiger partial charge in [0.25, 0.3) is 5.91 Å². The minimum absolute atomic E-state index is 0.311. The molecule has 0 saturated carbocycles. The molecule has 5 aromatic rings. The standard InChI is InChI=1S/C25H17BrN4O2/c26-21-12-6-5-11-20(21)25(31)28-27-15-18-16-30(19-9-2-1-3-10-19)29-24(18)23-14-17-8-4-7-13-22(17)32-23/h1-16H,(H,28,31)/b27-15-. The number of nitrogens with zero attached hydrogens (tertiary/aromatic N) is 3. The van der Waals surface area contributed by atoms with E-state index in [9.17, 15) is 4.79 Å². The van der Waals surface area contributed by atoms with Crippen LogP contribution in [0.15, 0.2) is 105 Å². The number of rotatable bonds is 5. The quantitative estimate of drug-likeness (QED) is 0.252. The van der Waals surface area contributed by atoms with Crippen LogP contribution in [0.5, 0.6) is 0 Å². The molecule has 0 aliphatic carbocycles. The summed E-state index contributed by atoms with van der Waals surface area (Å²) in [6.45, 7) is 0. The van der Waals surface area contributed by atoms with E-state index in [-0.39, 0.29) is 5.91 Å². The molecule has 1 amide bonds. The van der Waals surface area contributed by atoms with E-state index in [0.717, 1.165) is 16.7 Å². The molecule has 0 bridgehead atoms. The van der Waals surface area contributed by atoms with Crippen molar-refractivity contribution in [2.75, 3.05) is 0 Å². The number of para-hydroxylation sites is 2. The summed E-state index contributed by atoms with van der Waals surface area (Å²) in [6, 6.07) is 26.7. The predicted octanol–water partition coefficient (Wildman–Crippen LogP) is 5.81. The second-order valence-corrected chi connectivity index (χ2v) is 7.89. The van der Waals surface area contributed by atoms with Gasteiger partial charge >= 0.3 is 0 Å². The van der Waals surface area contributed by atoms with Gasteiger partial charge in [0, 0.05) is 21.6 Å². The van der Waals surface area contributed by atoms with E-state index in [2.05, 4.69) is 26.5 Å². The smallest absolute Gasteiger partial charge is 0.272 e. The predicted molar refractivity (Wildman–Crippen MR) is 128 cm³/mol. The van der Waals surface area contributed by atoms with Crippen molar-refractivity contribution < 1.29 is 9.21 Å². The zero-order valence-electron chi connectivity index (χ0n) is 16.8. The van der Waals surface area contributed by atoms with Crippen LogP contribution in [-0.2, 0) is 0 Å². The Balaban J connectivity index is 1.50. The van der Waals surface area contributed by atoms with Crippen molar-refractivity contribution in [1.29, 1.82) is 0 Å². The highest BCUT2D eigenvalue weighted by molar-refractivity contribution is 9.10. The molecule has 0 saturated heterocycles. The van der Waals surface area contributed by atoms with E-state index < -0.39 is 0 Å². The van der Waals surface area contributed by atoms with Gasteiger partial charge in [0.2, 0.25) is 0 Å². The number of benzene rings is 3. The molecular formula is C25H17BrN4O2. The van der Waals surface area contributed by atoms with Crippen molar-refractivity contribution in [2.45, 2.75) is 0 Å². The van der Waals surface area contributed by atoms with Gasteiger partial charge in [0.05, 0.1) is 17.5 Å². The molecule has 6 nitrogen and oxygen atoms in total. The first kappa shape index (κ1) is 20.0. The van der Waals surface area contributed by atoms with Crippen molar-refractivity contribution in [3.8, 4) is 17.1 Å². The number of hydrogen-bond donors (Lipinski definition) is 1. The zero-order valence-corrected chi connectivity index (χ0v) is 18.4. The maximum absolute atomic E-state index is 12.5. The lowest BCUT2D eigenvalue weighted by molar-refractivity contribution is 0.0954. The van der Waals surface area contributed by atoms with Gasteiger partial charge in [-0.1, -0.05) is 48.5 Å². The van der Waals surface area contributed by atoms with Crippen LogP contribution in [0, 0.1) is 0 Å². The number of hydrogen-bond acceptors (Lipinski definition) is 4. The Morgan fingerprint density at radius 2 is 1.75 bits per heavy atom. The molecule has 0 aliphatic heterocycles. The summed E-state index contributed by atoms with van der Waals surface area (Å²) in [5.41, 5.74) is 6.10. The number of fused-ring (bicyclic) bond motifs is 1. The van der Waals surface area contributed by atoms with E-state index in [1.807, 2.05) is 79.0 Å². The third kappa shape index (κ3) is 3.98. The molecule has 0 radical (unpaired) electrons. The fourth-order valence-corrected chi connectivity index (χ4v) is 3.82. The van der Waals surface area contributed by atoms with Gasteiger partial charge in [-0.15, -0.1) is 0 Å². The Labute approximate surface area is 192 Å². The number of halogens is 1. The minimum atomic E-state index is -0.311. The number of furan rings is 1. The molecule has 0 aliphatic rings. The van der Waals surface area contributed by atoms with Crippen molar-refractivity contribution in [3.05, 3.63) is 107 Å². The largest absolute Gasteiger partial charge is 0.454 e. The number of aromatic nitrogens is 2. The lowest BCUT2D eigenvalue weighted by Crippen LogP contribution is -2.18. The van der Waals surface area contributed by atoms with Gasteiger partial charge in [-0.2, -0.15) is 10.2 Å². The lowest BCUT2D eigenvalue weighted by Gasteiger charge is -2.01. The molecule has 2 aromatic heterocycles. The van der Waals surface area contributed by atoms with Crippen LogP contribution in [0.3, 0.4) is 0 Å². The van der Waals surface area contributed by atoms with E-state index in [0.29, 0.717) is 27.1 Å². The topological polar surface area (TPSA) is 72.4 Å². The summed E-state index contributed by atoms with van der Waals surface area (Å²) >= 11 is 3.38. The monoisotopic (exact) mass is 484 g/mol. The number of carbonyl (C=O) groups excluding carboxylic acids is 1. The van der Waals surface area contributed by atoms with Gasteiger partial charge in [-0.25, -0.2) is 10.1 Å². The summed E-state index contributed by atoms with van der Waals surface area (Å²) in [4.78, 5) is 12.5. The summed E-state index contributed by atoms with van der Waals surface area (Å²) in [7, 11) is 0. The third-order valence-electron chi connectivity index (χ3n) is 4.91. The molecular weight excluding hydrogens is 468 g/mol. The Bertz CT molecular complexity index is 1400. The zero-order chi connectivity index (χ0) is 21.9. The Kier molecular flexibility index (Phi) is 5.39. The van der Waals surface area contributed by atoms with Crippen LogP contribution in [0.4, 0.5) is 0 Å². The first-order valence-corrected chi connectivity index (χ1v) is 10.7. The Morgan fingerprint density at radius 1 is 1.00 bits per heavy atom. The third-order valence-corrected chi connectivity index (χ3v) is 5.60. The molecule has 0 spiro atoms. The molecule has 0 fully saturated rings. The minimum Gasteiger partial charge on any atom is -0.454 e. The molecule has 32 heavy (non-hydrogen) atoms. The fraction of sp³-hybridized carbons (Fsp3) is 0.